The lowest BCUT2D eigenvalue weighted by Crippen LogP contribution is -2.59. The van der Waals surface area contributed by atoms with E-state index in [0.29, 0.717) is 11.6 Å². The SMILES string of the molecule is CCOC1CCCN(C2(CN)CCCCC2)C1. The van der Waals surface area contributed by atoms with Crippen molar-refractivity contribution in [3.8, 4) is 0 Å². The van der Waals surface area contributed by atoms with Gasteiger partial charge in [-0.05, 0) is 39.2 Å². The van der Waals surface area contributed by atoms with Crippen molar-refractivity contribution in [3.63, 3.8) is 0 Å². The van der Waals surface area contributed by atoms with Crippen LogP contribution in [0.15, 0.2) is 0 Å². The van der Waals surface area contributed by atoms with E-state index in [-0.39, 0.29) is 0 Å². The standard InChI is InChI=1S/C14H28N2O/c1-2-17-13-7-6-10-16(11-13)14(12-15)8-4-3-5-9-14/h13H,2-12,15H2,1H3. The molecule has 100 valence electrons. The zero-order chi connectivity index (χ0) is 12.1. The summed E-state index contributed by atoms with van der Waals surface area (Å²) in [5.41, 5.74) is 6.41. The molecule has 1 aliphatic heterocycles. The third-order valence-electron chi connectivity index (χ3n) is 4.62. The fourth-order valence-corrected chi connectivity index (χ4v) is 3.60. The third kappa shape index (κ3) is 3.01. The maximum atomic E-state index is 6.11. The Morgan fingerprint density at radius 3 is 2.65 bits per heavy atom. The summed E-state index contributed by atoms with van der Waals surface area (Å²) >= 11 is 0. The van der Waals surface area contributed by atoms with Crippen molar-refractivity contribution < 1.29 is 4.74 Å². The van der Waals surface area contributed by atoms with Crippen molar-refractivity contribution >= 4 is 0 Å². The Morgan fingerprint density at radius 2 is 2.00 bits per heavy atom. The highest BCUT2D eigenvalue weighted by molar-refractivity contribution is 4.96. The van der Waals surface area contributed by atoms with Gasteiger partial charge in [-0.3, -0.25) is 4.90 Å². The molecule has 1 heterocycles. The van der Waals surface area contributed by atoms with Crippen LogP contribution in [0.5, 0.6) is 0 Å². The van der Waals surface area contributed by atoms with Gasteiger partial charge in [-0.2, -0.15) is 0 Å². The maximum Gasteiger partial charge on any atom is 0.0702 e. The predicted molar refractivity (Wildman–Crippen MR) is 71.1 cm³/mol. The second kappa shape index (κ2) is 6.17. The molecule has 0 bridgehead atoms. The second-order valence-electron chi connectivity index (χ2n) is 5.65. The summed E-state index contributed by atoms with van der Waals surface area (Å²) < 4.78 is 5.81. The molecule has 1 atom stereocenters. The minimum atomic E-state index is 0.300. The molecule has 1 saturated carbocycles. The van der Waals surface area contributed by atoms with Gasteiger partial charge in [0, 0.05) is 25.2 Å². The van der Waals surface area contributed by atoms with Crippen LogP contribution < -0.4 is 5.73 Å². The van der Waals surface area contributed by atoms with Crippen molar-refractivity contribution in [1.29, 1.82) is 0 Å². The van der Waals surface area contributed by atoms with E-state index in [9.17, 15) is 0 Å². The summed E-state index contributed by atoms with van der Waals surface area (Å²) in [6.07, 6.45) is 9.63. The molecular formula is C14H28N2O. The number of hydrogen-bond donors (Lipinski definition) is 1. The normalized spacial score (nSPS) is 30.4. The number of hydrogen-bond acceptors (Lipinski definition) is 3. The largest absolute Gasteiger partial charge is 0.377 e. The van der Waals surface area contributed by atoms with Crippen LogP contribution in [0.2, 0.25) is 0 Å². The van der Waals surface area contributed by atoms with E-state index in [0.717, 1.165) is 19.7 Å². The van der Waals surface area contributed by atoms with E-state index in [1.165, 1.54) is 51.5 Å². The van der Waals surface area contributed by atoms with Crippen LogP contribution >= 0.6 is 0 Å². The van der Waals surface area contributed by atoms with Crippen LogP contribution in [0, 0.1) is 0 Å². The fraction of sp³-hybridized carbons (Fsp3) is 1.00. The van der Waals surface area contributed by atoms with Gasteiger partial charge in [-0.15, -0.1) is 0 Å². The van der Waals surface area contributed by atoms with E-state index in [4.69, 9.17) is 10.5 Å². The maximum absolute atomic E-state index is 6.11. The Kier molecular flexibility index (Phi) is 4.83. The quantitative estimate of drug-likeness (QED) is 0.818. The van der Waals surface area contributed by atoms with Crippen LogP contribution in [-0.2, 0) is 4.74 Å². The van der Waals surface area contributed by atoms with Crippen LogP contribution in [0.25, 0.3) is 0 Å². The molecule has 17 heavy (non-hydrogen) atoms. The molecule has 1 aliphatic carbocycles. The van der Waals surface area contributed by atoms with Gasteiger partial charge >= 0.3 is 0 Å². The lowest BCUT2D eigenvalue weighted by molar-refractivity contribution is -0.0432. The van der Waals surface area contributed by atoms with Gasteiger partial charge in [0.05, 0.1) is 6.10 Å². The van der Waals surface area contributed by atoms with Gasteiger partial charge < -0.3 is 10.5 Å². The zero-order valence-electron chi connectivity index (χ0n) is 11.3. The Balaban J connectivity index is 1.98. The highest BCUT2D eigenvalue weighted by atomic mass is 16.5. The summed E-state index contributed by atoms with van der Waals surface area (Å²) in [4.78, 5) is 2.65. The van der Waals surface area contributed by atoms with E-state index in [2.05, 4.69) is 11.8 Å². The third-order valence-corrected chi connectivity index (χ3v) is 4.62. The molecule has 0 spiro atoms. The Labute approximate surface area is 106 Å². The van der Waals surface area contributed by atoms with Gasteiger partial charge in [0.1, 0.15) is 0 Å². The first-order chi connectivity index (χ1) is 8.30. The first-order valence-electron chi connectivity index (χ1n) is 7.37. The first kappa shape index (κ1) is 13.3. The van der Waals surface area contributed by atoms with Gasteiger partial charge in [0.2, 0.25) is 0 Å². The second-order valence-corrected chi connectivity index (χ2v) is 5.65. The van der Waals surface area contributed by atoms with Crippen LogP contribution in [0.3, 0.4) is 0 Å². The topological polar surface area (TPSA) is 38.5 Å². The molecule has 3 heteroatoms. The van der Waals surface area contributed by atoms with Gasteiger partial charge in [-0.25, -0.2) is 0 Å². The molecule has 2 rings (SSSR count). The van der Waals surface area contributed by atoms with Crippen LogP contribution in [-0.4, -0.2) is 42.8 Å². The Bertz CT molecular complexity index is 224. The average molecular weight is 240 g/mol. The number of rotatable bonds is 4. The zero-order valence-corrected chi connectivity index (χ0v) is 11.3. The Hall–Kier alpha value is -0.120. The lowest BCUT2D eigenvalue weighted by atomic mass is 9.79. The Morgan fingerprint density at radius 1 is 1.24 bits per heavy atom. The summed E-state index contributed by atoms with van der Waals surface area (Å²) in [7, 11) is 0. The van der Waals surface area contributed by atoms with E-state index in [1.807, 2.05) is 0 Å². The van der Waals surface area contributed by atoms with Crippen molar-refractivity contribution in [2.24, 2.45) is 5.73 Å². The lowest BCUT2D eigenvalue weighted by Gasteiger charge is -2.49. The monoisotopic (exact) mass is 240 g/mol. The van der Waals surface area contributed by atoms with Crippen LogP contribution in [0.1, 0.15) is 51.9 Å². The molecule has 0 radical (unpaired) electrons. The average Bonchev–Trinajstić information content (AvgIpc) is 2.40. The first-order valence-corrected chi connectivity index (χ1v) is 7.37. The predicted octanol–water partition coefficient (Wildman–Crippen LogP) is 2.15. The van der Waals surface area contributed by atoms with Gasteiger partial charge in [-0.1, -0.05) is 19.3 Å². The molecule has 2 aliphatic rings. The smallest absolute Gasteiger partial charge is 0.0702 e. The molecule has 2 N–H and O–H groups in total. The molecule has 0 aromatic carbocycles. The van der Waals surface area contributed by atoms with E-state index >= 15 is 0 Å². The molecule has 0 aromatic rings. The number of ether oxygens (including phenoxy) is 1. The van der Waals surface area contributed by atoms with Gasteiger partial charge in [0.25, 0.3) is 0 Å². The summed E-state index contributed by atoms with van der Waals surface area (Å²) in [5.74, 6) is 0. The van der Waals surface area contributed by atoms with Crippen molar-refractivity contribution in [3.05, 3.63) is 0 Å². The van der Waals surface area contributed by atoms with Crippen molar-refractivity contribution in [2.45, 2.75) is 63.5 Å². The van der Waals surface area contributed by atoms with Crippen LogP contribution in [0.4, 0.5) is 0 Å². The molecule has 3 nitrogen and oxygen atoms in total. The number of piperidine rings is 1. The molecular weight excluding hydrogens is 212 g/mol. The minimum Gasteiger partial charge on any atom is -0.377 e. The minimum absolute atomic E-state index is 0.300. The molecule has 1 unspecified atom stereocenters. The van der Waals surface area contributed by atoms with Gasteiger partial charge in [0.15, 0.2) is 0 Å². The molecule has 2 fully saturated rings. The highest BCUT2D eigenvalue weighted by Crippen LogP contribution is 2.35. The summed E-state index contributed by atoms with van der Waals surface area (Å²) in [6.45, 7) is 6.09. The molecule has 0 amide bonds. The number of likely N-dealkylation sites (tertiary alicyclic amines) is 1. The fourth-order valence-electron chi connectivity index (χ4n) is 3.60. The highest BCUT2D eigenvalue weighted by Gasteiger charge is 2.38. The number of nitrogens with two attached hydrogens (primary N) is 1. The summed E-state index contributed by atoms with van der Waals surface area (Å²) in [5, 5.41) is 0. The molecule has 1 saturated heterocycles. The molecule has 0 aromatic heterocycles. The van der Waals surface area contributed by atoms with E-state index in [1.54, 1.807) is 0 Å². The van der Waals surface area contributed by atoms with Crippen molar-refractivity contribution in [2.75, 3.05) is 26.2 Å². The summed E-state index contributed by atoms with van der Waals surface area (Å²) in [6, 6.07) is 0. The van der Waals surface area contributed by atoms with E-state index < -0.39 is 0 Å². The van der Waals surface area contributed by atoms with Crippen molar-refractivity contribution in [1.82, 2.24) is 4.90 Å². The number of nitrogens with zero attached hydrogens (tertiary/aromatic N) is 1.